The van der Waals surface area contributed by atoms with Gasteiger partial charge in [0.1, 0.15) is 11.2 Å². The average Bonchev–Trinajstić information content (AvgIpc) is 3.29. The zero-order valence-corrected chi connectivity index (χ0v) is 19.0. The largest absolute Gasteiger partial charge is 0.390 e. The van der Waals surface area contributed by atoms with Gasteiger partial charge in [0, 0.05) is 35.2 Å². The Hall–Kier alpha value is -2.97. The van der Waals surface area contributed by atoms with Crippen LogP contribution in [0.2, 0.25) is 0 Å². The van der Waals surface area contributed by atoms with Crippen LogP contribution in [0.3, 0.4) is 0 Å². The summed E-state index contributed by atoms with van der Waals surface area (Å²) in [6.45, 7) is 5.33. The van der Waals surface area contributed by atoms with Crippen molar-refractivity contribution in [3.05, 3.63) is 36.7 Å². The molecule has 4 heterocycles. The number of hydrogen-bond acceptors (Lipinski definition) is 6. The quantitative estimate of drug-likeness (QED) is 0.626. The molecule has 1 atom stereocenters. The van der Waals surface area contributed by atoms with E-state index < -0.39 is 11.1 Å². The molecule has 172 valence electrons. The van der Waals surface area contributed by atoms with Crippen molar-refractivity contribution in [2.45, 2.75) is 56.7 Å². The Balaban J connectivity index is 1.48. The van der Waals surface area contributed by atoms with E-state index in [0.29, 0.717) is 38.4 Å². The first kappa shape index (κ1) is 20.6. The summed E-state index contributed by atoms with van der Waals surface area (Å²) >= 11 is 0. The molecule has 2 aliphatic heterocycles. The van der Waals surface area contributed by atoms with E-state index >= 15 is 0 Å². The summed E-state index contributed by atoms with van der Waals surface area (Å²) in [5.74, 6) is 1.47. The molecule has 3 aromatic rings. The van der Waals surface area contributed by atoms with Gasteiger partial charge in [0.15, 0.2) is 11.6 Å². The molecule has 0 bridgehead atoms. The maximum Gasteiger partial charge on any atom is 0.255 e. The molecule has 0 radical (unpaired) electrons. The lowest BCUT2D eigenvalue weighted by atomic mass is 9.81. The Kier molecular flexibility index (Phi) is 4.54. The third kappa shape index (κ3) is 3.15. The number of aromatic nitrogens is 3. The zero-order chi connectivity index (χ0) is 22.8. The second kappa shape index (κ2) is 7.27. The summed E-state index contributed by atoms with van der Waals surface area (Å²) in [7, 11) is 0. The number of nitrogens with zero attached hydrogens (tertiary/aromatic N) is 4. The van der Waals surface area contributed by atoms with Gasteiger partial charge in [-0.1, -0.05) is 12.1 Å². The molecule has 1 saturated carbocycles. The van der Waals surface area contributed by atoms with Gasteiger partial charge in [-0.25, -0.2) is 9.97 Å². The molecule has 2 N–H and O–H groups in total. The van der Waals surface area contributed by atoms with E-state index in [1.54, 1.807) is 0 Å². The number of aromatic amines is 1. The fraction of sp³-hybridized carbons (Fsp3) is 0.480. The van der Waals surface area contributed by atoms with Crippen LogP contribution in [0.4, 0.5) is 11.5 Å². The highest BCUT2D eigenvalue weighted by Crippen LogP contribution is 2.45. The van der Waals surface area contributed by atoms with Crippen LogP contribution in [0.5, 0.6) is 0 Å². The van der Waals surface area contributed by atoms with Crippen LogP contribution in [0.15, 0.2) is 36.7 Å². The van der Waals surface area contributed by atoms with E-state index in [4.69, 9.17) is 14.7 Å². The van der Waals surface area contributed by atoms with Crippen molar-refractivity contribution in [2.75, 3.05) is 29.6 Å². The first-order valence-electron chi connectivity index (χ1n) is 11.7. The van der Waals surface area contributed by atoms with Crippen LogP contribution in [0.25, 0.3) is 22.3 Å². The smallest absolute Gasteiger partial charge is 0.255 e. The van der Waals surface area contributed by atoms with Crippen LogP contribution < -0.4 is 9.80 Å². The van der Waals surface area contributed by atoms with Crippen molar-refractivity contribution in [3.63, 3.8) is 0 Å². The normalized spacial score (nSPS) is 29.8. The highest BCUT2D eigenvalue weighted by atomic mass is 16.5. The van der Waals surface area contributed by atoms with Crippen molar-refractivity contribution >= 4 is 28.3 Å². The fourth-order valence-corrected chi connectivity index (χ4v) is 5.63. The number of aliphatic hydroxyl groups is 1. The van der Waals surface area contributed by atoms with Crippen LogP contribution >= 0.6 is 0 Å². The molecule has 8 nitrogen and oxygen atoms in total. The molecule has 1 amide bonds. The summed E-state index contributed by atoms with van der Waals surface area (Å²) in [5, 5.41) is 11.5. The van der Waals surface area contributed by atoms with E-state index in [9.17, 15) is 9.90 Å². The minimum Gasteiger partial charge on any atom is -0.390 e. The number of morpholine rings is 1. The highest BCUT2D eigenvalue weighted by Gasteiger charge is 2.52. The molecule has 2 fully saturated rings. The number of carbonyl (C=O) groups excluding carboxylic acids is 1. The molecule has 0 spiro atoms. The Morgan fingerprint density at radius 1 is 1.21 bits per heavy atom. The van der Waals surface area contributed by atoms with Crippen molar-refractivity contribution in [3.8, 4) is 11.4 Å². The van der Waals surface area contributed by atoms with E-state index in [1.807, 2.05) is 55.4 Å². The SMILES string of the molecule is CC1(O)CCC(N2C(=O)C3(C)COCCN3c3nc(-c4cccc5[nH]ccc45)ncc32)CC1. The standard InChI is InChI=1S/C25H29N5O3/c1-24(32)9-6-16(7-10-24)30-20-14-27-21(18-4-3-5-19-17(18)8-11-26-19)28-22(20)29-12-13-33-15-25(29,2)23(30)31/h3-5,8,11,14,16,26,32H,6-7,9-10,12-13,15H2,1-2H3. The zero-order valence-electron chi connectivity index (χ0n) is 19.0. The van der Waals surface area contributed by atoms with Gasteiger partial charge >= 0.3 is 0 Å². The number of ether oxygens (including phenoxy) is 1. The summed E-state index contributed by atoms with van der Waals surface area (Å²) in [6, 6.07) is 8.12. The van der Waals surface area contributed by atoms with E-state index in [-0.39, 0.29) is 11.9 Å². The van der Waals surface area contributed by atoms with Gasteiger partial charge in [-0.2, -0.15) is 0 Å². The predicted octanol–water partition coefficient (Wildman–Crippen LogP) is 3.26. The molecular weight excluding hydrogens is 418 g/mol. The Morgan fingerprint density at radius 2 is 2.03 bits per heavy atom. The van der Waals surface area contributed by atoms with Gasteiger partial charge in [0.2, 0.25) is 0 Å². The van der Waals surface area contributed by atoms with Crippen molar-refractivity contribution in [1.29, 1.82) is 0 Å². The van der Waals surface area contributed by atoms with E-state index in [1.165, 1.54) is 0 Å². The molecule has 2 aromatic heterocycles. The lowest BCUT2D eigenvalue weighted by molar-refractivity contribution is -0.128. The molecule has 1 aromatic carbocycles. The lowest BCUT2D eigenvalue weighted by Gasteiger charge is -2.53. The van der Waals surface area contributed by atoms with Crippen molar-refractivity contribution < 1.29 is 14.6 Å². The van der Waals surface area contributed by atoms with Gasteiger partial charge in [-0.05, 0) is 51.7 Å². The average molecular weight is 448 g/mol. The van der Waals surface area contributed by atoms with Gasteiger partial charge < -0.3 is 24.6 Å². The van der Waals surface area contributed by atoms with Crippen LogP contribution in [-0.4, -0.2) is 62.9 Å². The Bertz CT molecular complexity index is 1230. The Labute approximate surface area is 192 Å². The highest BCUT2D eigenvalue weighted by molar-refractivity contribution is 6.08. The number of H-pyrrole nitrogens is 1. The number of nitrogens with one attached hydrogen (secondary N) is 1. The van der Waals surface area contributed by atoms with Gasteiger partial charge in [-0.3, -0.25) is 4.79 Å². The summed E-state index contributed by atoms with van der Waals surface area (Å²) in [5.41, 5.74) is 1.28. The molecule has 1 saturated heterocycles. The van der Waals surface area contributed by atoms with Crippen LogP contribution in [0.1, 0.15) is 39.5 Å². The number of hydrogen-bond donors (Lipinski definition) is 2. The molecule has 3 aliphatic rings. The number of anilines is 2. The molecule has 1 unspecified atom stereocenters. The third-order valence-corrected chi connectivity index (χ3v) is 7.62. The van der Waals surface area contributed by atoms with Crippen LogP contribution in [-0.2, 0) is 9.53 Å². The number of benzene rings is 1. The fourth-order valence-electron chi connectivity index (χ4n) is 5.63. The molecule has 8 heteroatoms. The summed E-state index contributed by atoms with van der Waals surface area (Å²) in [4.78, 5) is 30.9. The third-order valence-electron chi connectivity index (χ3n) is 7.62. The lowest BCUT2D eigenvalue weighted by Crippen LogP contribution is -2.69. The summed E-state index contributed by atoms with van der Waals surface area (Å²) < 4.78 is 5.78. The monoisotopic (exact) mass is 447 g/mol. The first-order chi connectivity index (χ1) is 15.9. The maximum atomic E-state index is 13.9. The number of fused-ring (bicyclic) bond motifs is 4. The molecule has 33 heavy (non-hydrogen) atoms. The molecule has 6 rings (SSSR count). The van der Waals surface area contributed by atoms with Crippen molar-refractivity contribution in [2.24, 2.45) is 0 Å². The second-order valence-corrected chi connectivity index (χ2v) is 10.0. The maximum absolute atomic E-state index is 13.9. The van der Waals surface area contributed by atoms with Gasteiger partial charge in [0.05, 0.1) is 25.0 Å². The number of amides is 1. The van der Waals surface area contributed by atoms with Gasteiger partial charge in [-0.15, -0.1) is 0 Å². The molecule has 1 aliphatic carbocycles. The van der Waals surface area contributed by atoms with Gasteiger partial charge in [0.25, 0.3) is 5.91 Å². The summed E-state index contributed by atoms with van der Waals surface area (Å²) in [6.07, 6.45) is 6.57. The van der Waals surface area contributed by atoms with E-state index in [0.717, 1.165) is 40.8 Å². The van der Waals surface area contributed by atoms with E-state index in [2.05, 4.69) is 9.88 Å². The van der Waals surface area contributed by atoms with Crippen molar-refractivity contribution in [1.82, 2.24) is 15.0 Å². The Morgan fingerprint density at radius 3 is 2.85 bits per heavy atom. The molecular formula is C25H29N5O3. The number of rotatable bonds is 2. The topological polar surface area (TPSA) is 94.6 Å². The minimum absolute atomic E-state index is 0.0138. The number of carbonyl (C=O) groups is 1. The predicted molar refractivity (Wildman–Crippen MR) is 126 cm³/mol. The minimum atomic E-state index is -0.809. The second-order valence-electron chi connectivity index (χ2n) is 10.0. The van der Waals surface area contributed by atoms with Crippen LogP contribution in [0, 0.1) is 0 Å². The first-order valence-corrected chi connectivity index (χ1v) is 11.7.